The largest absolute Gasteiger partial charge is 0.497 e. The Bertz CT molecular complexity index is 1320. The number of esters is 1. The number of benzene rings is 3. The number of ether oxygens (including phenoxy) is 2. The monoisotopic (exact) mass is 540 g/mol. The van der Waals surface area contributed by atoms with E-state index in [2.05, 4.69) is 5.32 Å². The van der Waals surface area contributed by atoms with Gasteiger partial charge in [0.25, 0.3) is 5.91 Å². The number of hydrogen-bond donors (Lipinski definition) is 1. The molecule has 0 heterocycles. The van der Waals surface area contributed by atoms with Gasteiger partial charge in [0.1, 0.15) is 11.8 Å². The van der Waals surface area contributed by atoms with E-state index in [1.54, 1.807) is 43.5 Å². The molecule has 208 valence electrons. The molecule has 0 aliphatic rings. The van der Waals surface area contributed by atoms with Crippen molar-refractivity contribution in [3.63, 3.8) is 0 Å². The normalized spacial score (nSPS) is 12.2. The average Bonchev–Trinajstić information content (AvgIpc) is 2.98. The number of methoxy groups -OCH3 is 2. The van der Waals surface area contributed by atoms with Crippen LogP contribution >= 0.6 is 0 Å². The van der Waals surface area contributed by atoms with Gasteiger partial charge in [-0.2, -0.15) is 0 Å². The van der Waals surface area contributed by atoms with E-state index in [0.717, 1.165) is 11.1 Å². The van der Waals surface area contributed by atoms with Gasteiger partial charge in [-0.1, -0.05) is 74.5 Å². The minimum atomic E-state index is -0.820. The van der Waals surface area contributed by atoms with Gasteiger partial charge in [0.05, 0.1) is 20.8 Å². The first kappa shape index (κ1) is 29.9. The van der Waals surface area contributed by atoms with Crippen molar-refractivity contribution in [2.24, 2.45) is 5.92 Å². The second-order valence-corrected chi connectivity index (χ2v) is 9.63. The third-order valence-corrected chi connectivity index (χ3v) is 6.13. The van der Waals surface area contributed by atoms with Crippen LogP contribution in [-0.4, -0.2) is 44.6 Å². The fraction of sp³-hybridized carbons (Fsp3) is 0.242. The van der Waals surface area contributed by atoms with E-state index in [0.29, 0.717) is 23.4 Å². The van der Waals surface area contributed by atoms with Crippen LogP contribution in [0.4, 0.5) is 5.69 Å². The Morgan fingerprint density at radius 3 is 2.00 bits per heavy atom. The number of amides is 2. The van der Waals surface area contributed by atoms with E-state index < -0.39 is 17.9 Å². The van der Waals surface area contributed by atoms with Crippen LogP contribution in [0.3, 0.4) is 0 Å². The van der Waals surface area contributed by atoms with Crippen LogP contribution < -0.4 is 15.0 Å². The molecule has 1 atom stereocenters. The van der Waals surface area contributed by atoms with Gasteiger partial charge in [-0.15, -0.1) is 0 Å². The molecular formula is C33H36N2O5. The SMILES string of the molecule is COC(=O)[C@H](CC(C)C)NC(=O)/C(=C/c1ccccc1)CN(C(=O)/C=C/c1ccccc1)c1ccc(OC)cc1. The highest BCUT2D eigenvalue weighted by Crippen LogP contribution is 2.22. The Morgan fingerprint density at radius 1 is 0.850 bits per heavy atom. The van der Waals surface area contributed by atoms with Crippen molar-refractivity contribution in [2.75, 3.05) is 25.7 Å². The Labute approximate surface area is 236 Å². The molecule has 0 bridgehead atoms. The highest BCUT2D eigenvalue weighted by atomic mass is 16.5. The van der Waals surface area contributed by atoms with E-state index in [1.165, 1.54) is 18.1 Å². The van der Waals surface area contributed by atoms with Gasteiger partial charge in [-0.05, 0) is 59.9 Å². The summed E-state index contributed by atoms with van der Waals surface area (Å²) in [4.78, 5) is 41.2. The summed E-state index contributed by atoms with van der Waals surface area (Å²) >= 11 is 0. The van der Waals surface area contributed by atoms with Crippen molar-refractivity contribution < 1.29 is 23.9 Å². The molecule has 1 N–H and O–H groups in total. The summed E-state index contributed by atoms with van der Waals surface area (Å²) in [5.41, 5.74) is 2.55. The van der Waals surface area contributed by atoms with Crippen molar-refractivity contribution in [3.05, 3.63) is 108 Å². The molecule has 3 rings (SSSR count). The predicted octanol–water partition coefficient (Wildman–Crippen LogP) is 5.53. The number of carbonyl (C=O) groups is 3. The molecule has 0 radical (unpaired) electrons. The quantitative estimate of drug-likeness (QED) is 0.241. The molecule has 0 aliphatic heterocycles. The highest BCUT2D eigenvalue weighted by molar-refractivity contribution is 6.07. The van der Waals surface area contributed by atoms with E-state index >= 15 is 0 Å². The molecule has 0 spiro atoms. The summed E-state index contributed by atoms with van der Waals surface area (Å²) in [5.74, 6) is -0.504. The Hall–Kier alpha value is -4.65. The molecule has 0 aliphatic carbocycles. The number of hydrogen-bond acceptors (Lipinski definition) is 5. The zero-order valence-electron chi connectivity index (χ0n) is 23.4. The molecule has 7 nitrogen and oxygen atoms in total. The van der Waals surface area contributed by atoms with Crippen molar-refractivity contribution in [3.8, 4) is 5.75 Å². The maximum Gasteiger partial charge on any atom is 0.328 e. The Morgan fingerprint density at radius 2 is 1.45 bits per heavy atom. The number of anilines is 1. The van der Waals surface area contributed by atoms with Crippen LogP contribution in [0, 0.1) is 5.92 Å². The van der Waals surface area contributed by atoms with Crippen LogP contribution in [-0.2, 0) is 19.1 Å². The van der Waals surface area contributed by atoms with Crippen LogP contribution in [0.2, 0.25) is 0 Å². The predicted molar refractivity (Wildman–Crippen MR) is 159 cm³/mol. The molecule has 0 unspecified atom stereocenters. The lowest BCUT2D eigenvalue weighted by Gasteiger charge is -2.25. The van der Waals surface area contributed by atoms with Gasteiger partial charge in [0.15, 0.2) is 0 Å². The first-order valence-electron chi connectivity index (χ1n) is 13.1. The summed E-state index contributed by atoms with van der Waals surface area (Å²) in [7, 11) is 2.87. The minimum absolute atomic E-state index is 0.0411. The van der Waals surface area contributed by atoms with Gasteiger partial charge in [-0.25, -0.2) is 4.79 Å². The lowest BCUT2D eigenvalue weighted by atomic mass is 10.0. The van der Waals surface area contributed by atoms with Crippen molar-refractivity contribution in [1.29, 1.82) is 0 Å². The van der Waals surface area contributed by atoms with Crippen LogP contribution in [0.15, 0.2) is 96.6 Å². The number of carbonyl (C=O) groups excluding carboxylic acids is 3. The standard InChI is InChI=1S/C33H36N2O5/c1-24(2)21-30(33(38)40-4)34-32(37)27(22-26-13-9-6-10-14-26)23-35(28-16-18-29(39-3)19-17-28)31(36)20-15-25-11-7-5-8-12-25/h5-20,22,24,30H,21,23H2,1-4H3,(H,34,37)/b20-15+,27-22+/t30-/m0/s1. The molecule has 3 aromatic carbocycles. The summed E-state index contributed by atoms with van der Waals surface area (Å²) in [6, 6.07) is 25.1. The molecule has 0 aromatic heterocycles. The average molecular weight is 541 g/mol. The van der Waals surface area contributed by atoms with E-state index in [4.69, 9.17) is 9.47 Å². The summed E-state index contributed by atoms with van der Waals surface area (Å²) in [6.07, 6.45) is 5.35. The van der Waals surface area contributed by atoms with Gasteiger partial charge in [0.2, 0.25) is 5.91 Å². The van der Waals surface area contributed by atoms with Crippen molar-refractivity contribution in [2.45, 2.75) is 26.3 Å². The second-order valence-electron chi connectivity index (χ2n) is 9.63. The van der Waals surface area contributed by atoms with Gasteiger partial charge < -0.3 is 19.7 Å². The summed E-state index contributed by atoms with van der Waals surface area (Å²) < 4.78 is 10.2. The molecule has 0 saturated heterocycles. The number of rotatable bonds is 12. The zero-order valence-corrected chi connectivity index (χ0v) is 23.4. The maximum atomic E-state index is 13.7. The van der Waals surface area contributed by atoms with Gasteiger partial charge >= 0.3 is 5.97 Å². The molecular weight excluding hydrogens is 504 g/mol. The van der Waals surface area contributed by atoms with Crippen molar-refractivity contribution in [1.82, 2.24) is 5.32 Å². The van der Waals surface area contributed by atoms with Crippen LogP contribution in [0.5, 0.6) is 5.75 Å². The molecule has 40 heavy (non-hydrogen) atoms. The first-order valence-corrected chi connectivity index (χ1v) is 13.1. The molecule has 7 heteroatoms. The maximum absolute atomic E-state index is 13.7. The number of nitrogens with one attached hydrogen (secondary N) is 1. The Kier molecular flexibility index (Phi) is 11.3. The molecule has 0 fully saturated rings. The number of nitrogens with zero attached hydrogens (tertiary/aromatic N) is 1. The van der Waals surface area contributed by atoms with Gasteiger partial charge in [0, 0.05) is 17.3 Å². The summed E-state index contributed by atoms with van der Waals surface area (Å²) in [5, 5.41) is 2.83. The van der Waals surface area contributed by atoms with E-state index in [-0.39, 0.29) is 18.4 Å². The molecule has 0 saturated carbocycles. The van der Waals surface area contributed by atoms with E-state index in [1.807, 2.05) is 74.5 Å². The third-order valence-electron chi connectivity index (χ3n) is 6.13. The fourth-order valence-electron chi connectivity index (χ4n) is 4.06. The van der Waals surface area contributed by atoms with Crippen LogP contribution in [0.25, 0.3) is 12.2 Å². The van der Waals surface area contributed by atoms with Gasteiger partial charge in [-0.3, -0.25) is 9.59 Å². The van der Waals surface area contributed by atoms with Crippen molar-refractivity contribution >= 4 is 35.6 Å². The van der Waals surface area contributed by atoms with Crippen LogP contribution in [0.1, 0.15) is 31.4 Å². The first-order chi connectivity index (χ1) is 19.3. The summed E-state index contributed by atoms with van der Waals surface area (Å²) in [6.45, 7) is 3.89. The lowest BCUT2D eigenvalue weighted by Crippen LogP contribution is -2.45. The third kappa shape index (κ3) is 8.98. The Balaban J connectivity index is 2.00. The zero-order chi connectivity index (χ0) is 28.9. The molecule has 3 aromatic rings. The smallest absolute Gasteiger partial charge is 0.328 e. The topological polar surface area (TPSA) is 84.9 Å². The minimum Gasteiger partial charge on any atom is -0.497 e. The van der Waals surface area contributed by atoms with E-state index in [9.17, 15) is 14.4 Å². The molecule has 2 amide bonds. The highest BCUT2D eigenvalue weighted by Gasteiger charge is 2.26. The lowest BCUT2D eigenvalue weighted by molar-refractivity contribution is -0.145. The fourth-order valence-corrected chi connectivity index (χ4v) is 4.06. The second kappa shape index (κ2) is 15.1.